The van der Waals surface area contributed by atoms with Gasteiger partial charge in [-0.25, -0.2) is 4.39 Å². The molecular weight excluding hydrogens is 205 g/mol. The van der Waals surface area contributed by atoms with E-state index in [0.29, 0.717) is 6.08 Å². The van der Waals surface area contributed by atoms with Gasteiger partial charge >= 0.3 is 0 Å². The van der Waals surface area contributed by atoms with Gasteiger partial charge in [0.25, 0.3) is 5.92 Å². The summed E-state index contributed by atoms with van der Waals surface area (Å²) in [5.41, 5.74) is -0.780. The van der Waals surface area contributed by atoms with Gasteiger partial charge < -0.3 is 0 Å². The van der Waals surface area contributed by atoms with Crippen molar-refractivity contribution in [1.29, 1.82) is 0 Å². The molecule has 0 unspecified atom stereocenters. The molecule has 15 heavy (non-hydrogen) atoms. The molecule has 1 aromatic rings. The zero-order valence-corrected chi connectivity index (χ0v) is 8.06. The summed E-state index contributed by atoms with van der Waals surface area (Å²) in [6.07, 6.45) is 0.449. The lowest BCUT2D eigenvalue weighted by Crippen LogP contribution is -2.10. The summed E-state index contributed by atoms with van der Waals surface area (Å²) in [6, 6.07) is 2.63. The largest absolute Gasteiger partial charge is 0.294 e. The predicted molar refractivity (Wildman–Crippen MR) is 50.5 cm³/mol. The zero-order chi connectivity index (χ0) is 11.6. The van der Waals surface area contributed by atoms with Gasteiger partial charge in [0.1, 0.15) is 5.82 Å². The van der Waals surface area contributed by atoms with E-state index in [9.17, 15) is 18.0 Å². The van der Waals surface area contributed by atoms with E-state index >= 15 is 0 Å². The average Bonchev–Trinajstić information content (AvgIpc) is 2.17. The molecule has 0 spiro atoms. The smallest absolute Gasteiger partial charge is 0.291 e. The first kappa shape index (κ1) is 11.5. The van der Waals surface area contributed by atoms with Crippen LogP contribution >= 0.6 is 0 Å². The number of Topliss-reactive ketones (excluding diaryl/α,β-unsaturated/α-hetero) is 1. The van der Waals surface area contributed by atoms with Crippen LogP contribution < -0.4 is 0 Å². The molecule has 1 rings (SSSR count). The van der Waals surface area contributed by atoms with Gasteiger partial charge in [-0.3, -0.25) is 4.79 Å². The maximum atomic E-state index is 13.1. The fraction of sp³-hybridized carbons (Fsp3) is 0.182. The number of ketones is 1. The summed E-state index contributed by atoms with van der Waals surface area (Å²) in [5, 5.41) is 0. The van der Waals surface area contributed by atoms with Crippen LogP contribution in [0.5, 0.6) is 0 Å². The Morgan fingerprint density at radius 1 is 1.47 bits per heavy atom. The van der Waals surface area contributed by atoms with Gasteiger partial charge in [0.05, 0.1) is 5.56 Å². The van der Waals surface area contributed by atoms with Crippen LogP contribution in [0.4, 0.5) is 13.2 Å². The summed E-state index contributed by atoms with van der Waals surface area (Å²) < 4.78 is 39.2. The van der Waals surface area contributed by atoms with Gasteiger partial charge in [-0.1, -0.05) is 6.58 Å². The van der Waals surface area contributed by atoms with Crippen LogP contribution in [0.3, 0.4) is 0 Å². The second kappa shape index (κ2) is 3.88. The molecule has 0 heterocycles. The van der Waals surface area contributed by atoms with Crippen LogP contribution in [0.2, 0.25) is 0 Å². The van der Waals surface area contributed by atoms with Gasteiger partial charge in [0, 0.05) is 5.56 Å². The van der Waals surface area contributed by atoms with Crippen molar-refractivity contribution < 1.29 is 18.0 Å². The van der Waals surface area contributed by atoms with Crippen LogP contribution in [-0.2, 0) is 5.92 Å². The van der Waals surface area contributed by atoms with Crippen molar-refractivity contribution in [2.24, 2.45) is 0 Å². The molecule has 0 aliphatic carbocycles. The molecule has 0 amide bonds. The molecule has 0 aliphatic rings. The Labute approximate surface area is 85.2 Å². The SMILES string of the molecule is C=CC(F)(F)c1ccc(F)c(C(C)=O)c1. The van der Waals surface area contributed by atoms with Crippen molar-refractivity contribution in [3.63, 3.8) is 0 Å². The predicted octanol–water partition coefficient (Wildman–Crippen LogP) is 3.31. The highest BCUT2D eigenvalue weighted by Gasteiger charge is 2.28. The lowest BCUT2D eigenvalue weighted by Gasteiger charge is -2.12. The van der Waals surface area contributed by atoms with Crippen molar-refractivity contribution in [2.45, 2.75) is 12.8 Å². The number of allylic oxidation sites excluding steroid dienone is 1. The van der Waals surface area contributed by atoms with E-state index in [2.05, 4.69) is 6.58 Å². The Balaban J connectivity index is 3.30. The molecule has 0 saturated carbocycles. The van der Waals surface area contributed by atoms with E-state index in [0.717, 1.165) is 25.1 Å². The van der Waals surface area contributed by atoms with Crippen LogP contribution in [0.15, 0.2) is 30.9 Å². The summed E-state index contributed by atoms with van der Waals surface area (Å²) in [4.78, 5) is 10.9. The molecule has 0 aromatic heterocycles. The number of hydrogen-bond acceptors (Lipinski definition) is 1. The summed E-state index contributed by atoms with van der Waals surface area (Å²) in [7, 11) is 0. The minimum atomic E-state index is -3.25. The van der Waals surface area contributed by atoms with Crippen molar-refractivity contribution in [3.05, 3.63) is 47.8 Å². The number of benzene rings is 1. The Morgan fingerprint density at radius 3 is 2.53 bits per heavy atom. The molecule has 4 heteroatoms. The number of carbonyl (C=O) groups excluding carboxylic acids is 1. The van der Waals surface area contributed by atoms with E-state index in [-0.39, 0.29) is 5.56 Å². The first-order valence-electron chi connectivity index (χ1n) is 4.21. The topological polar surface area (TPSA) is 17.1 Å². The number of rotatable bonds is 3. The first-order chi connectivity index (χ1) is 6.88. The van der Waals surface area contributed by atoms with Gasteiger partial charge in [-0.2, -0.15) is 8.78 Å². The third kappa shape index (κ3) is 2.26. The van der Waals surface area contributed by atoms with Crippen molar-refractivity contribution in [1.82, 2.24) is 0 Å². The molecular formula is C11H9F3O. The standard InChI is InChI=1S/C11H9F3O/c1-3-11(13,14)8-4-5-10(12)9(6-8)7(2)15/h3-6H,1H2,2H3. The summed E-state index contributed by atoms with van der Waals surface area (Å²) >= 11 is 0. The Kier molecular flexibility index (Phi) is 2.98. The Hall–Kier alpha value is -1.58. The van der Waals surface area contributed by atoms with E-state index in [1.807, 2.05) is 0 Å². The number of carbonyl (C=O) groups is 1. The van der Waals surface area contributed by atoms with Gasteiger partial charge in [0.2, 0.25) is 0 Å². The van der Waals surface area contributed by atoms with E-state index in [1.54, 1.807) is 0 Å². The van der Waals surface area contributed by atoms with Crippen molar-refractivity contribution in [3.8, 4) is 0 Å². The van der Waals surface area contributed by atoms with Crippen LogP contribution in [0.1, 0.15) is 22.8 Å². The molecule has 0 bridgehead atoms. The third-order valence-electron chi connectivity index (χ3n) is 1.99. The molecule has 1 aromatic carbocycles. The second-order valence-corrected chi connectivity index (χ2v) is 3.08. The number of halogens is 3. The fourth-order valence-electron chi connectivity index (χ4n) is 1.12. The van der Waals surface area contributed by atoms with Gasteiger partial charge in [-0.05, 0) is 31.2 Å². The highest BCUT2D eigenvalue weighted by atomic mass is 19.3. The monoisotopic (exact) mass is 214 g/mol. The zero-order valence-electron chi connectivity index (χ0n) is 8.06. The number of alkyl halides is 2. The van der Waals surface area contributed by atoms with E-state index in [1.165, 1.54) is 0 Å². The maximum Gasteiger partial charge on any atom is 0.291 e. The van der Waals surface area contributed by atoms with Gasteiger partial charge in [-0.15, -0.1) is 0 Å². The lowest BCUT2D eigenvalue weighted by molar-refractivity contribution is 0.0524. The lowest BCUT2D eigenvalue weighted by atomic mass is 10.0. The molecule has 1 nitrogen and oxygen atoms in total. The summed E-state index contributed by atoms with van der Waals surface area (Å²) in [6.45, 7) is 4.10. The van der Waals surface area contributed by atoms with Gasteiger partial charge in [0.15, 0.2) is 5.78 Å². The summed E-state index contributed by atoms with van der Waals surface area (Å²) in [5.74, 6) is -4.64. The third-order valence-corrected chi connectivity index (χ3v) is 1.99. The Bertz CT molecular complexity index is 410. The van der Waals surface area contributed by atoms with Crippen molar-refractivity contribution >= 4 is 5.78 Å². The van der Waals surface area contributed by atoms with E-state index in [4.69, 9.17) is 0 Å². The molecule has 0 N–H and O–H groups in total. The molecule has 80 valence electrons. The highest BCUT2D eigenvalue weighted by Crippen LogP contribution is 2.30. The molecule has 0 fully saturated rings. The van der Waals surface area contributed by atoms with E-state index < -0.39 is 23.1 Å². The minimum Gasteiger partial charge on any atom is -0.294 e. The molecule has 0 atom stereocenters. The normalized spacial score (nSPS) is 11.2. The molecule has 0 aliphatic heterocycles. The maximum absolute atomic E-state index is 13.1. The second-order valence-electron chi connectivity index (χ2n) is 3.08. The quantitative estimate of drug-likeness (QED) is 0.557. The van der Waals surface area contributed by atoms with Crippen molar-refractivity contribution in [2.75, 3.05) is 0 Å². The Morgan fingerprint density at radius 2 is 2.07 bits per heavy atom. The van der Waals surface area contributed by atoms with Crippen LogP contribution in [-0.4, -0.2) is 5.78 Å². The highest BCUT2D eigenvalue weighted by molar-refractivity contribution is 5.94. The fourth-order valence-corrected chi connectivity index (χ4v) is 1.12. The molecule has 0 saturated heterocycles. The van der Waals surface area contributed by atoms with Crippen LogP contribution in [0.25, 0.3) is 0 Å². The molecule has 0 radical (unpaired) electrons. The first-order valence-corrected chi connectivity index (χ1v) is 4.21. The average molecular weight is 214 g/mol. The number of hydrogen-bond donors (Lipinski definition) is 0. The van der Waals surface area contributed by atoms with Crippen LogP contribution in [0, 0.1) is 5.82 Å². The minimum absolute atomic E-state index is 0.339.